The van der Waals surface area contributed by atoms with Crippen molar-refractivity contribution < 1.29 is 17.1 Å². The fourth-order valence-corrected chi connectivity index (χ4v) is 4.89. The number of rotatable bonds is 3. The van der Waals surface area contributed by atoms with E-state index in [1.54, 1.807) is 0 Å². The van der Waals surface area contributed by atoms with E-state index in [9.17, 15) is 0 Å². The zero-order valence-electron chi connectivity index (χ0n) is 11.0. The third-order valence-corrected chi connectivity index (χ3v) is 5.92. The molecule has 0 aliphatic heterocycles. The standard InChI is InChI=1S/C18H15Si.Cu/c1-4-10-16(11-5-1)19(17-12-6-2-7-13-17)18-14-8-3-9-15-18;/h1-15H;. The van der Waals surface area contributed by atoms with Gasteiger partial charge in [0.25, 0.3) is 0 Å². The van der Waals surface area contributed by atoms with Crippen molar-refractivity contribution in [2.45, 2.75) is 0 Å². The maximum atomic E-state index is 2.24. The van der Waals surface area contributed by atoms with Gasteiger partial charge in [-0.25, -0.2) is 0 Å². The minimum Gasteiger partial charge on any atom is -0.0624 e. The molecule has 3 aromatic rings. The van der Waals surface area contributed by atoms with Gasteiger partial charge in [-0.1, -0.05) is 107 Å². The molecule has 0 N–H and O–H groups in total. The van der Waals surface area contributed by atoms with Crippen molar-refractivity contribution in [2.24, 2.45) is 0 Å². The van der Waals surface area contributed by atoms with Crippen LogP contribution >= 0.6 is 0 Å². The second kappa shape index (κ2) is 7.25. The molecule has 3 aromatic carbocycles. The molecule has 102 valence electrons. The third-order valence-electron chi connectivity index (χ3n) is 3.19. The summed E-state index contributed by atoms with van der Waals surface area (Å²) >= 11 is 0. The molecule has 0 atom stereocenters. The Morgan fingerprint density at radius 3 is 0.900 bits per heavy atom. The Labute approximate surface area is 132 Å². The molecule has 3 rings (SSSR count). The molecule has 0 aliphatic carbocycles. The summed E-state index contributed by atoms with van der Waals surface area (Å²) in [5, 5.41) is 4.31. The average molecular weight is 323 g/mol. The molecule has 2 radical (unpaired) electrons. The second-order valence-corrected chi connectivity index (χ2v) is 6.96. The molecule has 0 bridgehead atoms. The first-order valence-corrected chi connectivity index (χ1v) is 7.98. The zero-order chi connectivity index (χ0) is 12.9. The zero-order valence-corrected chi connectivity index (χ0v) is 12.9. The number of benzene rings is 3. The summed E-state index contributed by atoms with van der Waals surface area (Å²) in [5.41, 5.74) is 0. The van der Waals surface area contributed by atoms with Gasteiger partial charge in [-0.3, -0.25) is 0 Å². The number of hydrogen-bond donors (Lipinski definition) is 0. The van der Waals surface area contributed by atoms with Crippen molar-refractivity contribution in [1.82, 2.24) is 0 Å². The Balaban J connectivity index is 0.00000147. The molecule has 0 unspecified atom stereocenters. The Morgan fingerprint density at radius 2 is 0.650 bits per heavy atom. The molecule has 0 heterocycles. The van der Waals surface area contributed by atoms with E-state index in [4.69, 9.17) is 0 Å². The fraction of sp³-hybridized carbons (Fsp3) is 0. The molecule has 0 aliphatic rings. The Morgan fingerprint density at radius 1 is 0.400 bits per heavy atom. The van der Waals surface area contributed by atoms with Crippen LogP contribution in [0, 0.1) is 0 Å². The average Bonchev–Trinajstić information content (AvgIpc) is 2.51. The van der Waals surface area contributed by atoms with E-state index in [1.165, 1.54) is 15.6 Å². The molecule has 0 aromatic heterocycles. The summed E-state index contributed by atoms with van der Waals surface area (Å²) in [5.74, 6) is 0. The normalized spacial score (nSPS) is 10.1. The van der Waals surface area contributed by atoms with Gasteiger partial charge in [-0.05, 0) is 0 Å². The van der Waals surface area contributed by atoms with Gasteiger partial charge in [0.2, 0.25) is 0 Å². The van der Waals surface area contributed by atoms with Gasteiger partial charge in [0.05, 0.1) is 0 Å². The molecular weight excluding hydrogens is 308 g/mol. The van der Waals surface area contributed by atoms with Crippen LogP contribution in [-0.2, 0) is 17.1 Å². The Kier molecular flexibility index (Phi) is 5.37. The second-order valence-electron chi connectivity index (χ2n) is 4.47. The van der Waals surface area contributed by atoms with Crippen molar-refractivity contribution in [3.05, 3.63) is 91.0 Å². The van der Waals surface area contributed by atoms with Crippen LogP contribution in [0.2, 0.25) is 0 Å². The van der Waals surface area contributed by atoms with E-state index in [2.05, 4.69) is 91.0 Å². The van der Waals surface area contributed by atoms with Crippen LogP contribution in [0.3, 0.4) is 0 Å². The van der Waals surface area contributed by atoms with Crippen LogP contribution < -0.4 is 15.6 Å². The van der Waals surface area contributed by atoms with Crippen molar-refractivity contribution in [3.63, 3.8) is 0 Å². The smallest absolute Gasteiger partial charge is 0.0624 e. The maximum Gasteiger partial charge on any atom is 0.154 e. The first-order chi connectivity index (χ1) is 9.45. The summed E-state index contributed by atoms with van der Waals surface area (Å²) < 4.78 is 0. The first kappa shape index (κ1) is 14.8. The van der Waals surface area contributed by atoms with Crippen molar-refractivity contribution in [1.29, 1.82) is 0 Å². The molecular formula is C18H15CuSi. The summed E-state index contributed by atoms with van der Waals surface area (Å²) in [6.07, 6.45) is 0. The topological polar surface area (TPSA) is 0 Å². The van der Waals surface area contributed by atoms with Crippen LogP contribution in [0.1, 0.15) is 0 Å². The molecule has 0 saturated heterocycles. The summed E-state index contributed by atoms with van der Waals surface area (Å²) in [7, 11) is -0.877. The molecule has 0 spiro atoms. The van der Waals surface area contributed by atoms with Crippen LogP contribution in [0.4, 0.5) is 0 Å². The SMILES string of the molecule is [Cu].c1ccc([Si](c2ccccc2)c2ccccc2)cc1. The van der Waals surface area contributed by atoms with Crippen molar-refractivity contribution in [2.75, 3.05) is 0 Å². The van der Waals surface area contributed by atoms with Crippen LogP contribution in [-0.4, -0.2) is 8.80 Å². The largest absolute Gasteiger partial charge is 0.154 e. The van der Waals surface area contributed by atoms with Gasteiger partial charge < -0.3 is 0 Å². The van der Waals surface area contributed by atoms with E-state index in [0.717, 1.165) is 0 Å². The van der Waals surface area contributed by atoms with Crippen LogP contribution in [0.15, 0.2) is 91.0 Å². The van der Waals surface area contributed by atoms with Crippen LogP contribution in [0.25, 0.3) is 0 Å². The van der Waals surface area contributed by atoms with Gasteiger partial charge >= 0.3 is 0 Å². The van der Waals surface area contributed by atoms with E-state index >= 15 is 0 Å². The molecule has 0 nitrogen and oxygen atoms in total. The van der Waals surface area contributed by atoms with Gasteiger partial charge in [0.15, 0.2) is 8.80 Å². The van der Waals surface area contributed by atoms with E-state index in [0.29, 0.717) is 0 Å². The van der Waals surface area contributed by atoms with Crippen molar-refractivity contribution in [3.8, 4) is 0 Å². The summed E-state index contributed by atoms with van der Waals surface area (Å²) in [6.45, 7) is 0. The predicted molar refractivity (Wildman–Crippen MR) is 84.0 cm³/mol. The van der Waals surface area contributed by atoms with E-state index in [1.807, 2.05) is 0 Å². The van der Waals surface area contributed by atoms with E-state index in [-0.39, 0.29) is 17.1 Å². The molecule has 0 fully saturated rings. The quantitative estimate of drug-likeness (QED) is 0.512. The number of hydrogen-bond acceptors (Lipinski definition) is 0. The van der Waals surface area contributed by atoms with E-state index < -0.39 is 8.80 Å². The Bertz CT molecular complexity index is 529. The van der Waals surface area contributed by atoms with Gasteiger partial charge in [0.1, 0.15) is 0 Å². The summed E-state index contributed by atoms with van der Waals surface area (Å²) in [6, 6.07) is 32.5. The minimum absolute atomic E-state index is 0. The van der Waals surface area contributed by atoms with Crippen molar-refractivity contribution >= 4 is 24.4 Å². The fourth-order valence-electron chi connectivity index (χ4n) is 2.31. The molecule has 0 amide bonds. The van der Waals surface area contributed by atoms with Gasteiger partial charge in [0, 0.05) is 17.1 Å². The first-order valence-electron chi connectivity index (χ1n) is 6.48. The predicted octanol–water partition coefficient (Wildman–Crippen LogP) is 2.20. The van der Waals surface area contributed by atoms with Gasteiger partial charge in [-0.2, -0.15) is 0 Å². The Hall–Kier alpha value is -1.60. The molecule has 20 heavy (non-hydrogen) atoms. The van der Waals surface area contributed by atoms with Crippen LogP contribution in [0.5, 0.6) is 0 Å². The monoisotopic (exact) mass is 322 g/mol. The van der Waals surface area contributed by atoms with Gasteiger partial charge in [-0.15, -0.1) is 0 Å². The minimum atomic E-state index is -0.877. The molecule has 0 saturated carbocycles. The summed E-state index contributed by atoms with van der Waals surface area (Å²) in [4.78, 5) is 0. The maximum absolute atomic E-state index is 2.24. The molecule has 2 heteroatoms. The third kappa shape index (κ3) is 3.29.